The smallest absolute Gasteiger partial charge is 0.434 e. The molecule has 5 rings (SSSR count). The number of aromatic nitrogens is 2. The fourth-order valence-corrected chi connectivity index (χ4v) is 5.97. The van der Waals surface area contributed by atoms with Crippen molar-refractivity contribution in [1.29, 1.82) is 0 Å². The molecular formula is C29H23ClF3N3O3S. The average molecular weight is 586 g/mol. The lowest BCUT2D eigenvalue weighted by molar-refractivity contribution is -0.140. The topological polar surface area (TPSA) is 65.6 Å². The van der Waals surface area contributed by atoms with E-state index in [0.717, 1.165) is 38.5 Å². The molecule has 0 saturated heterocycles. The summed E-state index contributed by atoms with van der Waals surface area (Å²) in [5.74, 6) is -1.20. The van der Waals surface area contributed by atoms with Crippen LogP contribution in [0.2, 0.25) is 5.02 Å². The summed E-state index contributed by atoms with van der Waals surface area (Å²) in [6.45, 7) is 5.17. The van der Waals surface area contributed by atoms with Gasteiger partial charge in [0.2, 0.25) is 0 Å². The van der Waals surface area contributed by atoms with Crippen LogP contribution in [-0.4, -0.2) is 27.9 Å². The van der Waals surface area contributed by atoms with Crippen molar-refractivity contribution in [3.05, 3.63) is 119 Å². The SMILES string of the molecule is CCOC(=O)C1=C(C(F)(F)F)N=c2s/c(=C\c3cc(C)n(-c4ccccc4)c3C)c(=O)n2[C@@H]1c1ccc(Cl)cc1. The van der Waals surface area contributed by atoms with Gasteiger partial charge < -0.3 is 9.30 Å². The van der Waals surface area contributed by atoms with Gasteiger partial charge in [-0.15, -0.1) is 0 Å². The van der Waals surface area contributed by atoms with Gasteiger partial charge in [-0.25, -0.2) is 9.79 Å². The largest absolute Gasteiger partial charge is 0.463 e. The monoisotopic (exact) mass is 585 g/mol. The van der Waals surface area contributed by atoms with Gasteiger partial charge in [0.15, 0.2) is 10.5 Å². The molecule has 4 aromatic rings. The van der Waals surface area contributed by atoms with Gasteiger partial charge in [-0.3, -0.25) is 9.36 Å². The number of benzene rings is 2. The number of alkyl halides is 3. The standard InChI is InChI=1S/C29H23ClF3N3O3S/c1-4-39-27(38)23-24(18-10-12-20(30)13-11-18)36-26(37)22(40-28(36)34-25(23)29(31,32)33)15-19-14-16(2)35(17(19)3)21-8-6-5-7-9-21/h5-15,24H,4H2,1-3H3/b22-15-/t24-/m1/s1. The zero-order valence-corrected chi connectivity index (χ0v) is 23.2. The van der Waals surface area contributed by atoms with Gasteiger partial charge in [0.25, 0.3) is 5.56 Å². The second-order valence-corrected chi connectivity index (χ2v) is 10.6. The fraction of sp³-hybridized carbons (Fsp3) is 0.207. The van der Waals surface area contributed by atoms with Crippen molar-refractivity contribution in [3.63, 3.8) is 0 Å². The lowest BCUT2D eigenvalue weighted by Gasteiger charge is -2.26. The first-order valence-corrected chi connectivity index (χ1v) is 13.5. The Kier molecular flexibility index (Phi) is 7.32. The molecule has 0 unspecified atom stereocenters. The van der Waals surface area contributed by atoms with Gasteiger partial charge in [0.1, 0.15) is 0 Å². The number of esters is 1. The van der Waals surface area contributed by atoms with Crippen LogP contribution in [0.3, 0.4) is 0 Å². The van der Waals surface area contributed by atoms with Crippen molar-refractivity contribution in [2.75, 3.05) is 6.61 Å². The summed E-state index contributed by atoms with van der Waals surface area (Å²) in [6, 6.07) is 16.1. The first-order chi connectivity index (χ1) is 19.0. The zero-order valence-electron chi connectivity index (χ0n) is 21.6. The molecule has 3 heterocycles. The van der Waals surface area contributed by atoms with Gasteiger partial charge in [0, 0.05) is 22.1 Å². The lowest BCUT2D eigenvalue weighted by atomic mass is 9.95. The second-order valence-electron chi connectivity index (χ2n) is 9.11. The van der Waals surface area contributed by atoms with Crippen LogP contribution < -0.4 is 14.9 Å². The van der Waals surface area contributed by atoms with Gasteiger partial charge in [-0.05, 0) is 68.3 Å². The van der Waals surface area contributed by atoms with Gasteiger partial charge >= 0.3 is 12.1 Å². The molecular weight excluding hydrogens is 563 g/mol. The van der Waals surface area contributed by atoms with E-state index in [-0.39, 0.29) is 21.5 Å². The molecule has 0 bridgehead atoms. The number of rotatable bonds is 5. The van der Waals surface area contributed by atoms with Crippen molar-refractivity contribution in [2.45, 2.75) is 33.0 Å². The maximum Gasteiger partial charge on any atom is 0.434 e. The maximum atomic E-state index is 14.3. The summed E-state index contributed by atoms with van der Waals surface area (Å²) in [6.07, 6.45) is -3.33. The Hall–Kier alpha value is -3.89. The van der Waals surface area contributed by atoms with E-state index in [1.165, 1.54) is 31.2 Å². The van der Waals surface area contributed by atoms with Crippen LogP contribution in [0.25, 0.3) is 11.8 Å². The first kappa shape index (κ1) is 27.7. The summed E-state index contributed by atoms with van der Waals surface area (Å²) in [7, 11) is 0. The number of nitrogens with zero attached hydrogens (tertiary/aromatic N) is 3. The molecule has 1 atom stereocenters. The first-order valence-electron chi connectivity index (χ1n) is 12.3. The van der Waals surface area contributed by atoms with Crippen molar-refractivity contribution in [3.8, 4) is 5.69 Å². The molecule has 0 fully saturated rings. The van der Waals surface area contributed by atoms with Crippen LogP contribution in [0.5, 0.6) is 0 Å². The number of para-hydroxylation sites is 1. The summed E-state index contributed by atoms with van der Waals surface area (Å²) in [4.78, 5) is 30.4. The number of hydrogen-bond donors (Lipinski definition) is 0. The molecule has 0 amide bonds. The van der Waals surface area contributed by atoms with E-state index in [0.29, 0.717) is 5.02 Å². The van der Waals surface area contributed by atoms with Crippen LogP contribution >= 0.6 is 22.9 Å². The number of allylic oxidation sites excluding steroid dienone is 1. The molecule has 0 N–H and O–H groups in total. The Morgan fingerprint density at radius 2 is 1.80 bits per heavy atom. The second kappa shape index (κ2) is 10.6. The third-order valence-corrected chi connectivity index (χ3v) is 7.79. The summed E-state index contributed by atoms with van der Waals surface area (Å²) in [5, 5.41) is 0.350. The van der Waals surface area contributed by atoms with E-state index in [1.54, 1.807) is 6.08 Å². The van der Waals surface area contributed by atoms with Crippen molar-refractivity contribution in [2.24, 2.45) is 4.99 Å². The highest BCUT2D eigenvalue weighted by molar-refractivity contribution is 7.07. The third kappa shape index (κ3) is 4.93. The van der Waals surface area contributed by atoms with Crippen molar-refractivity contribution in [1.82, 2.24) is 9.13 Å². The molecule has 0 radical (unpaired) electrons. The van der Waals surface area contributed by atoms with E-state index >= 15 is 0 Å². The number of hydrogen-bond acceptors (Lipinski definition) is 5. The highest BCUT2D eigenvalue weighted by Gasteiger charge is 2.45. The number of fused-ring (bicyclic) bond motifs is 1. The number of carbonyl (C=O) groups is 1. The highest BCUT2D eigenvalue weighted by atomic mass is 35.5. The maximum absolute atomic E-state index is 14.3. The van der Waals surface area contributed by atoms with Gasteiger partial charge in [0.05, 0.1) is 22.8 Å². The quantitative estimate of drug-likeness (QED) is 0.295. The molecule has 11 heteroatoms. The number of aryl methyl sites for hydroxylation is 1. The Morgan fingerprint density at radius 3 is 2.42 bits per heavy atom. The number of halogens is 4. The molecule has 1 aliphatic heterocycles. The molecule has 6 nitrogen and oxygen atoms in total. The predicted octanol–water partition coefficient (Wildman–Crippen LogP) is 5.40. The lowest BCUT2D eigenvalue weighted by Crippen LogP contribution is -2.41. The van der Waals surface area contributed by atoms with E-state index in [1.807, 2.05) is 54.8 Å². The Balaban J connectivity index is 1.77. The van der Waals surface area contributed by atoms with Crippen LogP contribution in [0.15, 0.2) is 81.7 Å². The number of thiazole rings is 1. The van der Waals surface area contributed by atoms with Crippen LogP contribution in [0, 0.1) is 13.8 Å². The minimum absolute atomic E-state index is 0.151. The van der Waals surface area contributed by atoms with Gasteiger partial charge in [-0.1, -0.05) is 53.3 Å². The molecule has 206 valence electrons. The molecule has 0 aliphatic carbocycles. The number of carbonyl (C=O) groups excluding carboxylic acids is 1. The van der Waals surface area contributed by atoms with E-state index < -0.39 is 35.0 Å². The van der Waals surface area contributed by atoms with Crippen LogP contribution in [0.4, 0.5) is 13.2 Å². The van der Waals surface area contributed by atoms with Gasteiger partial charge in [-0.2, -0.15) is 13.2 Å². The normalized spacial score (nSPS) is 15.7. The Bertz CT molecular complexity index is 1820. The fourth-order valence-electron chi connectivity index (χ4n) is 4.85. The van der Waals surface area contributed by atoms with E-state index in [9.17, 15) is 22.8 Å². The van der Waals surface area contributed by atoms with E-state index in [4.69, 9.17) is 16.3 Å². The van der Waals surface area contributed by atoms with E-state index in [2.05, 4.69) is 4.99 Å². The Labute approximate surface area is 235 Å². The predicted molar refractivity (Wildman–Crippen MR) is 147 cm³/mol. The van der Waals surface area contributed by atoms with Crippen LogP contribution in [0.1, 0.15) is 35.5 Å². The minimum atomic E-state index is -4.97. The van der Waals surface area contributed by atoms with Crippen LogP contribution in [-0.2, 0) is 9.53 Å². The molecule has 2 aromatic carbocycles. The minimum Gasteiger partial charge on any atom is -0.463 e. The molecule has 2 aromatic heterocycles. The molecule has 0 saturated carbocycles. The number of ether oxygens (including phenoxy) is 1. The molecule has 0 spiro atoms. The van der Waals surface area contributed by atoms with Crippen molar-refractivity contribution < 1.29 is 22.7 Å². The van der Waals surface area contributed by atoms with Crippen molar-refractivity contribution >= 4 is 35.0 Å². The summed E-state index contributed by atoms with van der Waals surface area (Å²) < 4.78 is 51.2. The molecule has 1 aliphatic rings. The molecule has 40 heavy (non-hydrogen) atoms. The summed E-state index contributed by atoms with van der Waals surface area (Å²) >= 11 is 6.86. The third-order valence-electron chi connectivity index (χ3n) is 6.55. The summed E-state index contributed by atoms with van der Waals surface area (Å²) in [5.41, 5.74) is 0.998. The highest BCUT2D eigenvalue weighted by Crippen LogP contribution is 2.38. The Morgan fingerprint density at radius 1 is 1.12 bits per heavy atom. The average Bonchev–Trinajstić information content (AvgIpc) is 3.37. The zero-order chi connectivity index (χ0) is 28.8.